The molecule has 1 aromatic rings. The molecule has 0 atom stereocenters. The molecule has 102 valence electrons. The standard InChI is InChI=1S/C16H21NO2/c1-11-10-17(13-4-2-3-5-13)7-6-12-8-15(18)16(19)9-14(11)12/h8-9,13,18-19H,1-7,10H2. The van der Waals surface area contributed by atoms with E-state index in [4.69, 9.17) is 0 Å². The summed E-state index contributed by atoms with van der Waals surface area (Å²) in [5.74, 6) is -0.0740. The largest absolute Gasteiger partial charge is 0.504 e. The van der Waals surface area contributed by atoms with Crippen molar-refractivity contribution in [3.05, 3.63) is 29.8 Å². The van der Waals surface area contributed by atoms with Gasteiger partial charge >= 0.3 is 0 Å². The summed E-state index contributed by atoms with van der Waals surface area (Å²) in [5, 5.41) is 19.3. The summed E-state index contributed by atoms with van der Waals surface area (Å²) in [6.45, 7) is 6.07. The van der Waals surface area contributed by atoms with E-state index in [9.17, 15) is 10.2 Å². The van der Waals surface area contributed by atoms with Crippen molar-refractivity contribution < 1.29 is 10.2 Å². The van der Waals surface area contributed by atoms with Crippen LogP contribution in [0.15, 0.2) is 18.7 Å². The number of aromatic hydroxyl groups is 2. The van der Waals surface area contributed by atoms with E-state index < -0.39 is 0 Å². The van der Waals surface area contributed by atoms with Crippen LogP contribution in [0.5, 0.6) is 11.5 Å². The minimum absolute atomic E-state index is 0.0270. The molecule has 0 spiro atoms. The fraction of sp³-hybridized carbons (Fsp3) is 0.500. The van der Waals surface area contributed by atoms with Crippen LogP contribution in [0.2, 0.25) is 0 Å². The molecular weight excluding hydrogens is 238 g/mol. The molecule has 0 bridgehead atoms. The fourth-order valence-corrected chi connectivity index (χ4v) is 3.41. The molecule has 19 heavy (non-hydrogen) atoms. The van der Waals surface area contributed by atoms with Crippen LogP contribution < -0.4 is 0 Å². The first-order chi connectivity index (χ1) is 9.15. The van der Waals surface area contributed by atoms with Crippen molar-refractivity contribution in [3.63, 3.8) is 0 Å². The molecule has 1 saturated carbocycles. The number of hydrogen-bond donors (Lipinski definition) is 2. The molecule has 1 aliphatic carbocycles. The highest BCUT2D eigenvalue weighted by Crippen LogP contribution is 2.35. The van der Waals surface area contributed by atoms with Crippen LogP contribution in [0.4, 0.5) is 0 Å². The Hall–Kier alpha value is -1.48. The molecule has 3 rings (SSSR count). The van der Waals surface area contributed by atoms with Gasteiger partial charge in [-0.25, -0.2) is 0 Å². The van der Waals surface area contributed by atoms with Crippen molar-refractivity contribution in [3.8, 4) is 11.5 Å². The van der Waals surface area contributed by atoms with Crippen LogP contribution in [0.25, 0.3) is 5.57 Å². The Labute approximate surface area is 114 Å². The molecule has 0 radical (unpaired) electrons. The van der Waals surface area contributed by atoms with Crippen LogP contribution in [-0.2, 0) is 6.42 Å². The minimum atomic E-state index is -0.0470. The first-order valence-electron chi connectivity index (χ1n) is 7.12. The molecule has 0 unspecified atom stereocenters. The summed E-state index contributed by atoms with van der Waals surface area (Å²) in [4.78, 5) is 2.52. The summed E-state index contributed by atoms with van der Waals surface area (Å²) >= 11 is 0. The normalized spacial score (nSPS) is 21.4. The highest BCUT2D eigenvalue weighted by molar-refractivity contribution is 5.71. The van der Waals surface area contributed by atoms with Crippen molar-refractivity contribution in [2.24, 2.45) is 0 Å². The molecule has 2 N–H and O–H groups in total. The predicted molar refractivity (Wildman–Crippen MR) is 76.3 cm³/mol. The number of hydrogen-bond acceptors (Lipinski definition) is 3. The molecule has 1 fully saturated rings. The van der Waals surface area contributed by atoms with E-state index in [1.165, 1.54) is 25.7 Å². The Morgan fingerprint density at radius 1 is 1.11 bits per heavy atom. The van der Waals surface area contributed by atoms with E-state index in [-0.39, 0.29) is 11.5 Å². The lowest BCUT2D eigenvalue weighted by molar-refractivity contribution is 0.229. The van der Waals surface area contributed by atoms with Crippen molar-refractivity contribution in [2.45, 2.75) is 38.1 Å². The van der Waals surface area contributed by atoms with Crippen molar-refractivity contribution in [1.29, 1.82) is 0 Å². The Morgan fingerprint density at radius 3 is 2.53 bits per heavy atom. The summed E-state index contributed by atoms with van der Waals surface area (Å²) in [6, 6.07) is 4.03. The van der Waals surface area contributed by atoms with E-state index in [1.807, 2.05) is 0 Å². The topological polar surface area (TPSA) is 43.7 Å². The van der Waals surface area contributed by atoms with Crippen LogP contribution in [0, 0.1) is 0 Å². The highest BCUT2D eigenvalue weighted by atomic mass is 16.3. The van der Waals surface area contributed by atoms with Crippen molar-refractivity contribution in [2.75, 3.05) is 13.1 Å². The summed E-state index contributed by atoms with van der Waals surface area (Å²) in [5.41, 5.74) is 3.16. The van der Waals surface area contributed by atoms with E-state index in [1.54, 1.807) is 12.1 Å². The van der Waals surface area contributed by atoms with Gasteiger partial charge in [0.05, 0.1) is 0 Å². The average Bonchev–Trinajstić information content (AvgIpc) is 2.86. The van der Waals surface area contributed by atoms with Gasteiger partial charge in [0, 0.05) is 19.1 Å². The lowest BCUT2D eigenvalue weighted by atomic mass is 9.99. The molecule has 2 aliphatic rings. The number of phenols is 2. The Bertz CT molecular complexity index is 504. The van der Waals surface area contributed by atoms with Gasteiger partial charge in [0.25, 0.3) is 0 Å². The molecule has 1 heterocycles. The molecule has 3 heteroatoms. The van der Waals surface area contributed by atoms with Gasteiger partial charge in [0.15, 0.2) is 11.5 Å². The first-order valence-corrected chi connectivity index (χ1v) is 7.12. The number of benzene rings is 1. The lowest BCUT2D eigenvalue weighted by Gasteiger charge is -2.27. The highest BCUT2D eigenvalue weighted by Gasteiger charge is 2.26. The van der Waals surface area contributed by atoms with Crippen LogP contribution >= 0.6 is 0 Å². The molecule has 1 aromatic carbocycles. The number of nitrogens with zero attached hydrogens (tertiary/aromatic N) is 1. The second-order valence-corrected chi connectivity index (χ2v) is 5.76. The van der Waals surface area contributed by atoms with Gasteiger partial charge in [0.1, 0.15) is 0 Å². The zero-order valence-electron chi connectivity index (χ0n) is 11.2. The monoisotopic (exact) mass is 259 g/mol. The smallest absolute Gasteiger partial charge is 0.158 e. The van der Waals surface area contributed by atoms with Gasteiger partial charge in [-0.15, -0.1) is 0 Å². The lowest BCUT2D eigenvalue weighted by Crippen LogP contribution is -2.34. The maximum Gasteiger partial charge on any atom is 0.158 e. The molecule has 3 nitrogen and oxygen atoms in total. The number of fused-ring (bicyclic) bond motifs is 1. The van der Waals surface area contributed by atoms with Crippen LogP contribution in [-0.4, -0.2) is 34.2 Å². The third-order valence-electron chi connectivity index (χ3n) is 4.48. The van der Waals surface area contributed by atoms with E-state index >= 15 is 0 Å². The summed E-state index contributed by atoms with van der Waals surface area (Å²) in [6.07, 6.45) is 6.17. The van der Waals surface area contributed by atoms with Gasteiger partial charge in [0.2, 0.25) is 0 Å². The molecule has 0 aromatic heterocycles. The van der Waals surface area contributed by atoms with Gasteiger partial charge in [-0.2, -0.15) is 0 Å². The van der Waals surface area contributed by atoms with E-state index in [0.29, 0.717) is 6.04 Å². The van der Waals surface area contributed by atoms with Crippen LogP contribution in [0.1, 0.15) is 36.8 Å². The fourth-order valence-electron chi connectivity index (χ4n) is 3.41. The zero-order chi connectivity index (χ0) is 13.4. The van der Waals surface area contributed by atoms with Gasteiger partial charge in [-0.05, 0) is 48.1 Å². The third kappa shape index (κ3) is 2.35. The van der Waals surface area contributed by atoms with Crippen molar-refractivity contribution >= 4 is 5.57 Å². The first kappa shape index (κ1) is 12.5. The number of rotatable bonds is 1. The van der Waals surface area contributed by atoms with Crippen LogP contribution in [0.3, 0.4) is 0 Å². The molecule has 0 saturated heterocycles. The maximum atomic E-state index is 9.66. The SMILES string of the molecule is C=C1CN(C2CCCC2)CCc2cc(O)c(O)cc21. The molecular formula is C16H21NO2. The second kappa shape index (κ2) is 4.89. The third-order valence-corrected chi connectivity index (χ3v) is 4.48. The zero-order valence-corrected chi connectivity index (χ0v) is 11.2. The minimum Gasteiger partial charge on any atom is -0.504 e. The molecule has 0 amide bonds. The van der Waals surface area contributed by atoms with Gasteiger partial charge < -0.3 is 10.2 Å². The Balaban J connectivity index is 1.87. The summed E-state index contributed by atoms with van der Waals surface area (Å²) in [7, 11) is 0. The maximum absolute atomic E-state index is 9.66. The summed E-state index contributed by atoms with van der Waals surface area (Å²) < 4.78 is 0. The average molecular weight is 259 g/mol. The van der Waals surface area contributed by atoms with Gasteiger partial charge in [-0.3, -0.25) is 4.90 Å². The van der Waals surface area contributed by atoms with Crippen molar-refractivity contribution in [1.82, 2.24) is 4.90 Å². The van der Waals surface area contributed by atoms with E-state index in [0.717, 1.165) is 36.2 Å². The van der Waals surface area contributed by atoms with Gasteiger partial charge in [-0.1, -0.05) is 19.4 Å². The predicted octanol–water partition coefficient (Wildman–Crippen LogP) is 2.91. The Kier molecular flexibility index (Phi) is 3.23. The second-order valence-electron chi connectivity index (χ2n) is 5.76. The van der Waals surface area contributed by atoms with E-state index in [2.05, 4.69) is 11.5 Å². The molecule has 1 aliphatic heterocycles. The Morgan fingerprint density at radius 2 is 1.79 bits per heavy atom. The quantitative estimate of drug-likeness (QED) is 0.762. The number of phenolic OH excluding ortho intramolecular Hbond substituents is 2.